The first-order valence-corrected chi connectivity index (χ1v) is 10.6. The zero-order valence-electron chi connectivity index (χ0n) is 13.8. The topological polar surface area (TPSA) is 86.4 Å². The molecule has 7 nitrogen and oxygen atoms in total. The van der Waals surface area contributed by atoms with Crippen LogP contribution in [-0.4, -0.2) is 71.3 Å². The Morgan fingerprint density at radius 2 is 2.00 bits per heavy atom. The number of hydrogen-bond acceptors (Lipinski definition) is 5. The highest BCUT2D eigenvalue weighted by molar-refractivity contribution is 7.91. The number of carbonyl (C=O) groups excluding carboxylic acids is 1. The molecule has 0 radical (unpaired) electrons. The summed E-state index contributed by atoms with van der Waals surface area (Å²) in [6.45, 7) is 3.05. The van der Waals surface area contributed by atoms with Crippen LogP contribution in [0.3, 0.4) is 0 Å². The van der Waals surface area contributed by atoms with E-state index in [2.05, 4.69) is 14.9 Å². The van der Waals surface area contributed by atoms with Gasteiger partial charge in [-0.2, -0.15) is 0 Å². The van der Waals surface area contributed by atoms with Gasteiger partial charge in [-0.3, -0.25) is 9.69 Å². The van der Waals surface area contributed by atoms with Crippen LogP contribution in [0.5, 0.6) is 0 Å². The first-order chi connectivity index (χ1) is 11.5. The largest absolute Gasteiger partial charge is 0.347 e. The Hall–Kier alpha value is -1.41. The number of piperidine rings is 1. The van der Waals surface area contributed by atoms with Crippen LogP contribution in [0.1, 0.15) is 30.7 Å². The van der Waals surface area contributed by atoms with Gasteiger partial charge in [-0.1, -0.05) is 0 Å². The summed E-state index contributed by atoms with van der Waals surface area (Å²) in [5, 5.41) is 0. The van der Waals surface area contributed by atoms with Gasteiger partial charge in [-0.25, -0.2) is 13.4 Å². The molecule has 0 spiro atoms. The zero-order chi connectivity index (χ0) is 16.7. The van der Waals surface area contributed by atoms with Crippen molar-refractivity contribution in [1.29, 1.82) is 0 Å². The van der Waals surface area contributed by atoms with Gasteiger partial charge in [0.15, 0.2) is 9.84 Å². The number of nitrogens with zero attached hydrogens (tertiary/aromatic N) is 3. The van der Waals surface area contributed by atoms with Gasteiger partial charge < -0.3 is 9.88 Å². The second kappa shape index (κ2) is 6.15. The van der Waals surface area contributed by atoms with Crippen LogP contribution in [0.4, 0.5) is 0 Å². The Morgan fingerprint density at radius 3 is 2.71 bits per heavy atom. The van der Waals surface area contributed by atoms with Crippen molar-refractivity contribution in [1.82, 2.24) is 19.8 Å². The second-order valence-electron chi connectivity index (χ2n) is 7.20. The molecule has 1 aromatic rings. The van der Waals surface area contributed by atoms with Crippen LogP contribution >= 0.6 is 0 Å². The predicted molar refractivity (Wildman–Crippen MR) is 89.1 cm³/mol. The number of fused-ring (bicyclic) bond motifs is 1. The van der Waals surface area contributed by atoms with Crippen molar-refractivity contribution >= 4 is 15.7 Å². The average Bonchev–Trinajstić information content (AvgIpc) is 3.19. The number of nitrogens with one attached hydrogen (secondary N) is 1. The zero-order valence-corrected chi connectivity index (χ0v) is 14.6. The van der Waals surface area contributed by atoms with Crippen molar-refractivity contribution in [2.75, 3.05) is 31.1 Å². The smallest absolute Gasteiger partial charge is 0.226 e. The van der Waals surface area contributed by atoms with E-state index in [0.29, 0.717) is 18.1 Å². The first-order valence-electron chi connectivity index (χ1n) is 8.76. The maximum absolute atomic E-state index is 12.8. The number of aromatic nitrogens is 2. The quantitative estimate of drug-likeness (QED) is 0.821. The maximum Gasteiger partial charge on any atom is 0.226 e. The maximum atomic E-state index is 12.8. The Kier molecular flexibility index (Phi) is 4.12. The number of imidazole rings is 1. The summed E-state index contributed by atoms with van der Waals surface area (Å²) in [7, 11) is -2.84. The van der Waals surface area contributed by atoms with Crippen LogP contribution in [0.15, 0.2) is 6.33 Å². The molecule has 0 aliphatic carbocycles. The third-order valence-corrected chi connectivity index (χ3v) is 7.44. The van der Waals surface area contributed by atoms with Gasteiger partial charge in [-0.15, -0.1) is 0 Å². The van der Waals surface area contributed by atoms with Crippen molar-refractivity contribution < 1.29 is 13.2 Å². The van der Waals surface area contributed by atoms with Crippen LogP contribution in [0.2, 0.25) is 0 Å². The van der Waals surface area contributed by atoms with Crippen molar-refractivity contribution in [3.63, 3.8) is 0 Å². The molecule has 4 heterocycles. The van der Waals surface area contributed by atoms with Gasteiger partial charge in [0.25, 0.3) is 0 Å². The molecule has 2 fully saturated rings. The van der Waals surface area contributed by atoms with E-state index in [-0.39, 0.29) is 17.9 Å². The number of rotatable bonds is 2. The third kappa shape index (κ3) is 3.09. The van der Waals surface area contributed by atoms with Gasteiger partial charge in [0, 0.05) is 24.9 Å². The summed E-state index contributed by atoms with van der Waals surface area (Å²) < 4.78 is 23.3. The molecule has 1 N–H and O–H groups in total. The summed E-state index contributed by atoms with van der Waals surface area (Å²) in [4.78, 5) is 24.4. The van der Waals surface area contributed by atoms with Gasteiger partial charge in [-0.05, 0) is 32.4 Å². The molecule has 0 aromatic carbocycles. The molecule has 1 aromatic heterocycles. The van der Waals surface area contributed by atoms with Gasteiger partial charge >= 0.3 is 0 Å². The number of H-pyrrole nitrogens is 1. The SMILES string of the molecule is O=C(C1CCN(C2CCS(=O)(=O)C2)CC1)N1CCc2nc[nH]c2C1. The molecule has 2 saturated heterocycles. The van der Waals surface area contributed by atoms with Crippen LogP contribution in [0.25, 0.3) is 0 Å². The number of hydrogen-bond donors (Lipinski definition) is 1. The molecular formula is C16H24N4O3S. The van der Waals surface area contributed by atoms with Crippen molar-refractivity contribution in [3.05, 3.63) is 17.7 Å². The normalized spacial score (nSPS) is 28.0. The third-order valence-electron chi connectivity index (χ3n) is 5.69. The predicted octanol–water partition coefficient (Wildman–Crippen LogP) is 0.194. The molecule has 132 valence electrons. The lowest BCUT2D eigenvalue weighted by Gasteiger charge is -2.37. The number of amides is 1. The van der Waals surface area contributed by atoms with E-state index >= 15 is 0 Å². The summed E-state index contributed by atoms with van der Waals surface area (Å²) >= 11 is 0. The van der Waals surface area contributed by atoms with Gasteiger partial charge in [0.2, 0.25) is 5.91 Å². The fourth-order valence-corrected chi connectivity index (χ4v) is 6.00. The van der Waals surface area contributed by atoms with E-state index in [1.54, 1.807) is 6.33 Å². The number of likely N-dealkylation sites (tertiary alicyclic amines) is 1. The molecule has 3 aliphatic heterocycles. The Bertz CT molecular complexity index is 721. The van der Waals surface area contributed by atoms with Crippen molar-refractivity contribution in [2.45, 2.75) is 38.3 Å². The molecule has 4 rings (SSSR count). The molecule has 1 amide bonds. The minimum atomic E-state index is -2.84. The highest BCUT2D eigenvalue weighted by atomic mass is 32.2. The van der Waals surface area contributed by atoms with Crippen molar-refractivity contribution in [3.8, 4) is 0 Å². The molecule has 3 aliphatic rings. The van der Waals surface area contributed by atoms with Crippen LogP contribution in [-0.2, 0) is 27.6 Å². The van der Waals surface area contributed by atoms with Gasteiger partial charge in [0.1, 0.15) is 0 Å². The van der Waals surface area contributed by atoms with E-state index in [0.717, 1.165) is 56.7 Å². The van der Waals surface area contributed by atoms with E-state index < -0.39 is 9.84 Å². The van der Waals surface area contributed by atoms with Gasteiger partial charge in [0.05, 0.1) is 35.8 Å². The van der Waals surface area contributed by atoms with E-state index in [1.165, 1.54) is 0 Å². The molecule has 1 unspecified atom stereocenters. The number of aromatic amines is 1. The minimum Gasteiger partial charge on any atom is -0.347 e. The summed E-state index contributed by atoms with van der Waals surface area (Å²) in [6, 6.07) is 0.161. The Balaban J connectivity index is 1.32. The lowest BCUT2D eigenvalue weighted by atomic mass is 9.93. The number of sulfone groups is 1. The monoisotopic (exact) mass is 352 g/mol. The second-order valence-corrected chi connectivity index (χ2v) is 9.43. The van der Waals surface area contributed by atoms with Crippen LogP contribution < -0.4 is 0 Å². The van der Waals surface area contributed by atoms with Crippen LogP contribution in [0, 0.1) is 5.92 Å². The summed E-state index contributed by atoms with van der Waals surface area (Å²) in [5.41, 5.74) is 2.14. The summed E-state index contributed by atoms with van der Waals surface area (Å²) in [6.07, 6.45) is 4.94. The Morgan fingerprint density at radius 1 is 1.21 bits per heavy atom. The number of carbonyl (C=O) groups is 1. The lowest BCUT2D eigenvalue weighted by Crippen LogP contribution is -2.47. The highest BCUT2D eigenvalue weighted by Crippen LogP contribution is 2.27. The molecule has 0 saturated carbocycles. The molecule has 1 atom stereocenters. The average molecular weight is 352 g/mol. The minimum absolute atomic E-state index is 0.0729. The first kappa shape index (κ1) is 16.1. The van der Waals surface area contributed by atoms with E-state index in [4.69, 9.17) is 0 Å². The molecule has 0 bridgehead atoms. The van der Waals surface area contributed by atoms with Crippen molar-refractivity contribution in [2.24, 2.45) is 5.92 Å². The van der Waals surface area contributed by atoms with E-state index in [1.807, 2.05) is 4.90 Å². The summed E-state index contributed by atoms with van der Waals surface area (Å²) in [5.74, 6) is 0.926. The molecule has 8 heteroatoms. The lowest BCUT2D eigenvalue weighted by molar-refractivity contribution is -0.138. The van der Waals surface area contributed by atoms with E-state index in [9.17, 15) is 13.2 Å². The fourth-order valence-electron chi connectivity index (χ4n) is 4.23. The fraction of sp³-hybridized carbons (Fsp3) is 0.750. The highest BCUT2D eigenvalue weighted by Gasteiger charge is 2.36. The molecule has 24 heavy (non-hydrogen) atoms. The standard InChI is InChI=1S/C16H24N4O3S/c21-16(20-7-3-14-15(9-20)18-11-17-14)12-1-5-19(6-2-12)13-4-8-24(22,23)10-13/h11-13H,1-10H2,(H,17,18). The Labute approximate surface area is 142 Å². The molecular weight excluding hydrogens is 328 g/mol.